The van der Waals surface area contributed by atoms with Crippen molar-refractivity contribution in [2.75, 3.05) is 20.2 Å². The quantitative estimate of drug-likeness (QED) is 0.778. The van der Waals surface area contributed by atoms with Crippen molar-refractivity contribution in [3.63, 3.8) is 0 Å². The maximum Gasteiger partial charge on any atom is 0.194 e. The minimum Gasteiger partial charge on any atom is -0.496 e. The van der Waals surface area contributed by atoms with Crippen molar-refractivity contribution in [1.29, 1.82) is 0 Å². The van der Waals surface area contributed by atoms with Gasteiger partial charge in [-0.2, -0.15) is 0 Å². The molecule has 2 rings (SSSR count). The highest BCUT2D eigenvalue weighted by Gasteiger charge is 2.10. The summed E-state index contributed by atoms with van der Waals surface area (Å²) in [6.07, 6.45) is 3.64. The van der Waals surface area contributed by atoms with E-state index in [9.17, 15) is 0 Å². The first-order valence-corrected chi connectivity index (χ1v) is 6.64. The monoisotopic (exact) mass is 260 g/mol. The molecule has 0 aliphatic heterocycles. The van der Waals surface area contributed by atoms with Gasteiger partial charge >= 0.3 is 0 Å². The Bertz CT molecular complexity index is 508. The third-order valence-corrected chi connectivity index (χ3v) is 2.92. The number of ether oxygens (including phenoxy) is 1. The van der Waals surface area contributed by atoms with Crippen molar-refractivity contribution in [3.05, 3.63) is 36.4 Å². The summed E-state index contributed by atoms with van der Waals surface area (Å²) in [4.78, 5) is 4.32. The molecule has 4 nitrogen and oxygen atoms in total. The lowest BCUT2D eigenvalue weighted by Gasteiger charge is -2.04. The molecule has 1 N–H and O–H groups in total. The molecular formula is C15H20N2O2. The van der Waals surface area contributed by atoms with Crippen LogP contribution in [0.2, 0.25) is 0 Å². The molecule has 102 valence electrons. The predicted octanol–water partition coefficient (Wildman–Crippen LogP) is 2.89. The predicted molar refractivity (Wildman–Crippen MR) is 75.4 cm³/mol. The molecule has 2 aromatic rings. The summed E-state index contributed by atoms with van der Waals surface area (Å²) < 4.78 is 11.1. The lowest BCUT2D eigenvalue weighted by atomic mass is 10.1. The van der Waals surface area contributed by atoms with Crippen LogP contribution in [0.25, 0.3) is 11.3 Å². The summed E-state index contributed by atoms with van der Waals surface area (Å²) in [6, 6.07) is 7.80. The van der Waals surface area contributed by atoms with Crippen molar-refractivity contribution in [2.45, 2.75) is 19.8 Å². The molecule has 0 spiro atoms. The van der Waals surface area contributed by atoms with Crippen LogP contribution in [-0.2, 0) is 6.42 Å². The minimum atomic E-state index is 0.760. The zero-order valence-corrected chi connectivity index (χ0v) is 11.5. The fourth-order valence-corrected chi connectivity index (χ4v) is 1.94. The Morgan fingerprint density at radius 1 is 1.32 bits per heavy atom. The van der Waals surface area contributed by atoms with E-state index in [0.29, 0.717) is 0 Å². The van der Waals surface area contributed by atoms with Crippen LogP contribution in [0.4, 0.5) is 0 Å². The Balaban J connectivity index is 2.04. The van der Waals surface area contributed by atoms with Gasteiger partial charge in [0.15, 0.2) is 11.7 Å². The van der Waals surface area contributed by atoms with Crippen LogP contribution in [0.15, 0.2) is 34.9 Å². The summed E-state index contributed by atoms with van der Waals surface area (Å²) in [7, 11) is 1.66. The van der Waals surface area contributed by atoms with Crippen molar-refractivity contribution < 1.29 is 9.15 Å². The lowest BCUT2D eigenvalue weighted by Crippen LogP contribution is -2.14. The normalized spacial score (nSPS) is 10.6. The molecule has 1 aromatic heterocycles. The number of para-hydroxylation sites is 1. The minimum absolute atomic E-state index is 0.760. The number of rotatable bonds is 7. The SMILES string of the molecule is CCNCCCc1ncc(-c2ccccc2OC)o1. The van der Waals surface area contributed by atoms with Gasteiger partial charge in [0.05, 0.1) is 18.9 Å². The summed E-state index contributed by atoms with van der Waals surface area (Å²) >= 11 is 0. The van der Waals surface area contributed by atoms with Crippen LogP contribution < -0.4 is 10.1 Å². The van der Waals surface area contributed by atoms with E-state index in [4.69, 9.17) is 9.15 Å². The average molecular weight is 260 g/mol. The van der Waals surface area contributed by atoms with E-state index in [1.807, 2.05) is 24.3 Å². The average Bonchev–Trinajstić information content (AvgIpc) is 2.92. The van der Waals surface area contributed by atoms with Crippen molar-refractivity contribution in [2.24, 2.45) is 0 Å². The van der Waals surface area contributed by atoms with Gasteiger partial charge in [-0.05, 0) is 31.6 Å². The van der Waals surface area contributed by atoms with E-state index in [-0.39, 0.29) is 0 Å². The molecule has 0 amide bonds. The number of benzene rings is 1. The van der Waals surface area contributed by atoms with E-state index in [1.165, 1.54) is 0 Å². The highest BCUT2D eigenvalue weighted by atomic mass is 16.5. The van der Waals surface area contributed by atoms with Gasteiger partial charge in [-0.25, -0.2) is 4.98 Å². The van der Waals surface area contributed by atoms with Gasteiger partial charge in [-0.3, -0.25) is 0 Å². The number of hydrogen-bond acceptors (Lipinski definition) is 4. The number of aromatic nitrogens is 1. The van der Waals surface area contributed by atoms with Gasteiger partial charge in [0.2, 0.25) is 0 Å². The topological polar surface area (TPSA) is 47.3 Å². The summed E-state index contributed by atoms with van der Waals surface area (Å²) in [5, 5.41) is 3.29. The Hall–Kier alpha value is -1.81. The van der Waals surface area contributed by atoms with Crippen LogP contribution >= 0.6 is 0 Å². The second-order valence-corrected chi connectivity index (χ2v) is 4.28. The van der Waals surface area contributed by atoms with Crippen molar-refractivity contribution in [3.8, 4) is 17.1 Å². The molecule has 0 atom stereocenters. The second-order valence-electron chi connectivity index (χ2n) is 4.28. The Morgan fingerprint density at radius 2 is 2.16 bits per heavy atom. The van der Waals surface area contributed by atoms with Crippen molar-refractivity contribution in [1.82, 2.24) is 10.3 Å². The first-order valence-electron chi connectivity index (χ1n) is 6.64. The molecule has 1 heterocycles. The maximum absolute atomic E-state index is 5.77. The van der Waals surface area contributed by atoms with Gasteiger partial charge in [0.25, 0.3) is 0 Å². The van der Waals surface area contributed by atoms with E-state index in [2.05, 4.69) is 17.2 Å². The van der Waals surface area contributed by atoms with Gasteiger partial charge < -0.3 is 14.5 Å². The molecule has 0 unspecified atom stereocenters. The first-order chi connectivity index (χ1) is 9.35. The molecule has 0 aliphatic rings. The number of methoxy groups -OCH3 is 1. The summed E-state index contributed by atoms with van der Waals surface area (Å²) in [5.41, 5.74) is 0.940. The number of aryl methyl sites for hydroxylation is 1. The highest BCUT2D eigenvalue weighted by molar-refractivity contribution is 5.64. The van der Waals surface area contributed by atoms with Crippen LogP contribution in [0, 0.1) is 0 Å². The Labute approximate surface area is 113 Å². The number of nitrogens with one attached hydrogen (secondary N) is 1. The van der Waals surface area contributed by atoms with Gasteiger partial charge in [-0.15, -0.1) is 0 Å². The third-order valence-electron chi connectivity index (χ3n) is 2.92. The summed E-state index contributed by atoms with van der Waals surface area (Å²) in [5.74, 6) is 2.34. The van der Waals surface area contributed by atoms with Crippen LogP contribution in [0.5, 0.6) is 5.75 Å². The van der Waals surface area contributed by atoms with Gasteiger partial charge in [-0.1, -0.05) is 19.1 Å². The molecule has 0 saturated heterocycles. The fraction of sp³-hybridized carbons (Fsp3) is 0.400. The van der Waals surface area contributed by atoms with Crippen LogP contribution in [-0.4, -0.2) is 25.2 Å². The van der Waals surface area contributed by atoms with Crippen LogP contribution in [0.1, 0.15) is 19.2 Å². The maximum atomic E-state index is 5.77. The molecule has 0 radical (unpaired) electrons. The largest absolute Gasteiger partial charge is 0.496 e. The molecular weight excluding hydrogens is 240 g/mol. The van der Waals surface area contributed by atoms with E-state index < -0.39 is 0 Å². The van der Waals surface area contributed by atoms with Gasteiger partial charge in [0, 0.05) is 6.42 Å². The molecule has 0 aliphatic carbocycles. The Kier molecular flexibility index (Phi) is 4.98. The molecule has 0 fully saturated rings. The smallest absolute Gasteiger partial charge is 0.194 e. The molecule has 1 aromatic carbocycles. The summed E-state index contributed by atoms with van der Waals surface area (Å²) in [6.45, 7) is 4.09. The molecule has 0 saturated carbocycles. The third kappa shape index (κ3) is 3.58. The van der Waals surface area contributed by atoms with E-state index >= 15 is 0 Å². The highest BCUT2D eigenvalue weighted by Crippen LogP contribution is 2.29. The number of hydrogen-bond donors (Lipinski definition) is 1. The second kappa shape index (κ2) is 6.95. The number of nitrogens with zero attached hydrogens (tertiary/aromatic N) is 1. The molecule has 0 bridgehead atoms. The number of oxazole rings is 1. The fourth-order valence-electron chi connectivity index (χ4n) is 1.94. The van der Waals surface area contributed by atoms with Crippen LogP contribution in [0.3, 0.4) is 0 Å². The zero-order chi connectivity index (χ0) is 13.5. The molecule has 4 heteroatoms. The molecule has 19 heavy (non-hydrogen) atoms. The van der Waals surface area contributed by atoms with E-state index in [0.717, 1.165) is 48.9 Å². The first kappa shape index (κ1) is 13.6. The van der Waals surface area contributed by atoms with E-state index in [1.54, 1.807) is 13.3 Å². The van der Waals surface area contributed by atoms with Crippen molar-refractivity contribution >= 4 is 0 Å². The zero-order valence-electron chi connectivity index (χ0n) is 11.5. The Morgan fingerprint density at radius 3 is 2.95 bits per heavy atom. The standard InChI is InChI=1S/C15H20N2O2/c1-3-16-10-6-9-15-17-11-14(19-15)12-7-4-5-8-13(12)18-2/h4-5,7-8,11,16H,3,6,9-10H2,1-2H3. The van der Waals surface area contributed by atoms with Gasteiger partial charge in [0.1, 0.15) is 5.75 Å². The lowest BCUT2D eigenvalue weighted by molar-refractivity contribution is 0.413.